The second-order valence-corrected chi connectivity index (χ2v) is 10.4. The summed E-state index contributed by atoms with van der Waals surface area (Å²) in [7, 11) is 2.46. The third-order valence-electron chi connectivity index (χ3n) is 5.82. The lowest BCUT2D eigenvalue weighted by Gasteiger charge is -2.22. The molecule has 0 radical (unpaired) electrons. The van der Waals surface area contributed by atoms with Gasteiger partial charge in [0.05, 0.1) is 41.3 Å². The maximum Gasteiger partial charge on any atom is 0.306 e. The largest absolute Gasteiger partial charge is 0.496 e. The van der Waals surface area contributed by atoms with Gasteiger partial charge in [-0.3, -0.25) is 0 Å². The Morgan fingerprint density at radius 3 is 1.95 bits per heavy atom. The SMILES string of the molecule is COc1cc(-c2c(OC)cc(-c3ccc(OS(C)(=O)=O)cc3)c(OC)c2CO)c(OC)cc1OCC=C(C)C. The average molecular weight is 559 g/mol. The van der Waals surface area contributed by atoms with E-state index in [1.807, 2.05) is 19.9 Å². The predicted molar refractivity (Wildman–Crippen MR) is 150 cm³/mol. The number of hydrogen-bond donors (Lipinski definition) is 1. The van der Waals surface area contributed by atoms with Crippen LogP contribution in [0.25, 0.3) is 22.3 Å². The number of hydrogen-bond acceptors (Lipinski definition) is 9. The van der Waals surface area contributed by atoms with E-state index in [9.17, 15) is 13.5 Å². The minimum absolute atomic E-state index is 0.176. The molecule has 0 saturated carbocycles. The standard InChI is InChI=1S/C29H34O9S/c1-18(2)12-13-37-26-16-24(33-3)22(15-25(26)34-4)28-23(17-30)29(36-6)21(14-27(28)35-5)19-8-10-20(11-9-19)38-39(7,31)32/h8-12,14-16,30H,13,17H2,1-7H3. The molecule has 3 aromatic rings. The van der Waals surface area contributed by atoms with Crippen LogP contribution in [0.4, 0.5) is 0 Å². The Kier molecular flexibility index (Phi) is 9.71. The van der Waals surface area contributed by atoms with Gasteiger partial charge >= 0.3 is 10.1 Å². The van der Waals surface area contributed by atoms with E-state index in [0.29, 0.717) is 63.2 Å². The first-order valence-electron chi connectivity index (χ1n) is 12.0. The molecule has 3 rings (SSSR count). The topological polar surface area (TPSA) is 110 Å². The number of benzene rings is 3. The number of allylic oxidation sites excluding steroid dienone is 1. The highest BCUT2D eigenvalue weighted by molar-refractivity contribution is 7.86. The molecule has 9 nitrogen and oxygen atoms in total. The first-order valence-corrected chi connectivity index (χ1v) is 13.8. The van der Waals surface area contributed by atoms with Gasteiger partial charge in [0.1, 0.15) is 29.6 Å². The predicted octanol–water partition coefficient (Wildman–Crippen LogP) is 5.23. The number of rotatable bonds is 12. The van der Waals surface area contributed by atoms with Crippen molar-refractivity contribution in [1.82, 2.24) is 0 Å². The lowest BCUT2D eigenvalue weighted by Crippen LogP contribution is -2.05. The Morgan fingerprint density at radius 2 is 1.44 bits per heavy atom. The maximum absolute atomic E-state index is 11.5. The molecule has 0 aliphatic rings. The van der Waals surface area contributed by atoms with Crippen molar-refractivity contribution in [3.63, 3.8) is 0 Å². The first kappa shape index (κ1) is 29.7. The zero-order chi connectivity index (χ0) is 28.7. The van der Waals surface area contributed by atoms with Crippen LogP contribution < -0.4 is 27.9 Å². The number of aliphatic hydroxyl groups is 1. The molecule has 10 heteroatoms. The second-order valence-electron chi connectivity index (χ2n) is 8.78. The van der Waals surface area contributed by atoms with Gasteiger partial charge in [-0.1, -0.05) is 17.7 Å². The molecule has 0 bridgehead atoms. The summed E-state index contributed by atoms with van der Waals surface area (Å²) in [6, 6.07) is 11.7. The molecule has 0 atom stereocenters. The van der Waals surface area contributed by atoms with Gasteiger partial charge in [0.2, 0.25) is 0 Å². The molecule has 0 fully saturated rings. The van der Waals surface area contributed by atoms with E-state index < -0.39 is 10.1 Å². The summed E-state index contributed by atoms with van der Waals surface area (Å²) in [6.45, 7) is 3.97. The Hall–Kier alpha value is -3.89. The highest BCUT2D eigenvalue weighted by Crippen LogP contribution is 2.50. The van der Waals surface area contributed by atoms with E-state index in [4.69, 9.17) is 27.9 Å². The quantitative estimate of drug-likeness (QED) is 0.236. The van der Waals surface area contributed by atoms with Crippen LogP contribution in [0.1, 0.15) is 19.4 Å². The Morgan fingerprint density at radius 1 is 0.821 bits per heavy atom. The molecular weight excluding hydrogens is 524 g/mol. The van der Waals surface area contributed by atoms with E-state index in [1.54, 1.807) is 44.6 Å². The molecule has 0 aliphatic heterocycles. The normalized spacial score (nSPS) is 11.0. The van der Waals surface area contributed by atoms with Gasteiger partial charge in [-0.15, -0.1) is 0 Å². The number of ether oxygens (including phenoxy) is 5. The van der Waals surface area contributed by atoms with Crippen molar-refractivity contribution in [3.05, 3.63) is 59.7 Å². The molecular formula is C29H34O9S. The second kappa shape index (κ2) is 12.8. The van der Waals surface area contributed by atoms with Crippen LogP contribution in [-0.4, -0.2) is 54.8 Å². The molecule has 0 saturated heterocycles. The highest BCUT2D eigenvalue weighted by atomic mass is 32.2. The number of methoxy groups -OCH3 is 4. The van der Waals surface area contributed by atoms with Crippen LogP contribution >= 0.6 is 0 Å². The van der Waals surface area contributed by atoms with Crippen LogP contribution in [0, 0.1) is 0 Å². The van der Waals surface area contributed by atoms with Crippen molar-refractivity contribution in [3.8, 4) is 56.8 Å². The van der Waals surface area contributed by atoms with Crippen molar-refractivity contribution < 1.29 is 41.4 Å². The maximum atomic E-state index is 11.5. The summed E-state index contributed by atoms with van der Waals surface area (Å²) in [4.78, 5) is 0. The van der Waals surface area contributed by atoms with E-state index in [-0.39, 0.29) is 12.4 Å². The van der Waals surface area contributed by atoms with Crippen molar-refractivity contribution in [2.75, 3.05) is 41.3 Å². The molecule has 39 heavy (non-hydrogen) atoms. The van der Waals surface area contributed by atoms with Gasteiger partial charge in [0.25, 0.3) is 0 Å². The molecule has 0 amide bonds. The summed E-state index contributed by atoms with van der Waals surface area (Å²) in [6.07, 6.45) is 2.93. The molecule has 0 unspecified atom stereocenters. The minimum atomic E-state index is -3.66. The van der Waals surface area contributed by atoms with Gasteiger partial charge in [0.15, 0.2) is 11.5 Å². The lowest BCUT2D eigenvalue weighted by molar-refractivity contribution is 0.273. The van der Waals surface area contributed by atoms with Crippen molar-refractivity contribution in [1.29, 1.82) is 0 Å². The van der Waals surface area contributed by atoms with Crippen LogP contribution in [0.3, 0.4) is 0 Å². The fourth-order valence-corrected chi connectivity index (χ4v) is 4.55. The van der Waals surface area contributed by atoms with Crippen molar-refractivity contribution in [2.24, 2.45) is 0 Å². The Labute approximate surface area is 229 Å². The summed E-state index contributed by atoms with van der Waals surface area (Å²) in [5.74, 6) is 2.49. The van der Waals surface area contributed by atoms with E-state index in [1.165, 1.54) is 26.4 Å². The molecule has 0 aromatic heterocycles. The van der Waals surface area contributed by atoms with Gasteiger partial charge < -0.3 is 33.0 Å². The van der Waals surface area contributed by atoms with Gasteiger partial charge in [-0.05, 0) is 49.8 Å². The Balaban J connectivity index is 2.21. The van der Waals surface area contributed by atoms with Gasteiger partial charge in [-0.2, -0.15) is 8.42 Å². The molecule has 1 N–H and O–H groups in total. The lowest BCUT2D eigenvalue weighted by atomic mass is 9.91. The third kappa shape index (κ3) is 6.96. The molecule has 3 aromatic carbocycles. The van der Waals surface area contributed by atoms with Crippen LogP contribution in [0.15, 0.2) is 54.1 Å². The monoisotopic (exact) mass is 558 g/mol. The molecule has 0 spiro atoms. The van der Waals surface area contributed by atoms with E-state index in [2.05, 4.69) is 0 Å². The van der Waals surface area contributed by atoms with Crippen LogP contribution in [0.2, 0.25) is 0 Å². The third-order valence-corrected chi connectivity index (χ3v) is 6.32. The Bertz CT molecular complexity index is 1440. The molecule has 0 aliphatic carbocycles. The van der Waals surface area contributed by atoms with E-state index in [0.717, 1.165) is 11.8 Å². The summed E-state index contributed by atoms with van der Waals surface area (Å²) in [5, 5.41) is 10.5. The fourth-order valence-electron chi connectivity index (χ4n) is 4.09. The zero-order valence-electron chi connectivity index (χ0n) is 23.2. The molecule has 210 valence electrons. The molecule has 0 heterocycles. The van der Waals surface area contributed by atoms with Gasteiger partial charge in [-0.25, -0.2) is 0 Å². The number of aliphatic hydroxyl groups excluding tert-OH is 1. The van der Waals surface area contributed by atoms with E-state index >= 15 is 0 Å². The van der Waals surface area contributed by atoms with Crippen molar-refractivity contribution >= 4 is 10.1 Å². The summed E-state index contributed by atoms with van der Waals surface area (Å²) < 4.78 is 56.7. The first-order chi connectivity index (χ1) is 18.6. The van der Waals surface area contributed by atoms with Gasteiger partial charge in [0, 0.05) is 28.3 Å². The average Bonchev–Trinajstić information content (AvgIpc) is 2.90. The summed E-state index contributed by atoms with van der Waals surface area (Å²) >= 11 is 0. The minimum Gasteiger partial charge on any atom is -0.496 e. The summed E-state index contributed by atoms with van der Waals surface area (Å²) in [5.41, 5.74) is 4.07. The van der Waals surface area contributed by atoms with Crippen LogP contribution in [0.5, 0.6) is 34.5 Å². The smallest absolute Gasteiger partial charge is 0.306 e. The fraction of sp³-hybridized carbons (Fsp3) is 0.310. The zero-order valence-corrected chi connectivity index (χ0v) is 24.0. The van der Waals surface area contributed by atoms with Crippen molar-refractivity contribution in [2.45, 2.75) is 20.5 Å². The van der Waals surface area contributed by atoms with Crippen LogP contribution in [-0.2, 0) is 16.7 Å². The highest BCUT2D eigenvalue weighted by Gasteiger charge is 2.25.